The summed E-state index contributed by atoms with van der Waals surface area (Å²) in [6.45, 7) is 0.349. The Bertz CT molecular complexity index is 350. The smallest absolute Gasteiger partial charge is 0.178 e. The third-order valence-electron chi connectivity index (χ3n) is 1.69. The first-order valence-corrected chi connectivity index (χ1v) is 4.89. The van der Waals surface area contributed by atoms with Gasteiger partial charge in [-0.2, -0.15) is 0 Å². The van der Waals surface area contributed by atoms with E-state index in [1.54, 1.807) is 23.1 Å². The van der Waals surface area contributed by atoms with Crippen molar-refractivity contribution in [2.75, 3.05) is 20.6 Å². The average molecular weight is 232 g/mol. The molecule has 0 unspecified atom stereocenters. The topological polar surface area (TPSA) is 20.3 Å². The Morgan fingerprint density at radius 1 is 1.36 bits per heavy atom. The summed E-state index contributed by atoms with van der Waals surface area (Å²) in [5.41, 5.74) is 0.518. The highest BCUT2D eigenvalue weighted by molar-refractivity contribution is 6.36. The van der Waals surface area contributed by atoms with E-state index in [9.17, 15) is 4.79 Å². The minimum atomic E-state index is -0.00309. The number of carbonyl (C=O) groups is 1. The first kappa shape index (κ1) is 11.5. The predicted molar refractivity (Wildman–Crippen MR) is 59.3 cm³/mol. The molecule has 1 rings (SSSR count). The minimum Gasteiger partial charge on any atom is -0.302 e. The number of benzene rings is 1. The highest BCUT2D eigenvalue weighted by Crippen LogP contribution is 2.21. The van der Waals surface area contributed by atoms with Gasteiger partial charge in [0, 0.05) is 10.6 Å². The number of likely N-dealkylation sites (N-methyl/N-ethyl adjacent to an activating group) is 1. The Morgan fingerprint density at radius 3 is 2.50 bits per heavy atom. The zero-order valence-corrected chi connectivity index (χ0v) is 9.56. The molecule has 4 heteroatoms. The normalized spacial score (nSPS) is 10.6. The molecule has 14 heavy (non-hydrogen) atoms. The number of carbonyl (C=O) groups excluding carboxylic acids is 1. The van der Waals surface area contributed by atoms with Crippen molar-refractivity contribution in [3.8, 4) is 0 Å². The van der Waals surface area contributed by atoms with E-state index in [0.717, 1.165) is 0 Å². The molecule has 0 aliphatic carbocycles. The summed E-state index contributed by atoms with van der Waals surface area (Å²) < 4.78 is 0. The molecule has 1 aromatic carbocycles. The fourth-order valence-electron chi connectivity index (χ4n) is 1.09. The molecule has 0 aliphatic heterocycles. The van der Waals surface area contributed by atoms with Crippen molar-refractivity contribution in [3.05, 3.63) is 33.8 Å². The first-order chi connectivity index (χ1) is 6.50. The van der Waals surface area contributed by atoms with E-state index in [1.807, 2.05) is 14.1 Å². The highest BCUT2D eigenvalue weighted by Gasteiger charge is 2.10. The maximum absolute atomic E-state index is 11.6. The van der Waals surface area contributed by atoms with Gasteiger partial charge in [0.2, 0.25) is 0 Å². The largest absolute Gasteiger partial charge is 0.302 e. The van der Waals surface area contributed by atoms with Gasteiger partial charge in [0.15, 0.2) is 5.78 Å². The van der Waals surface area contributed by atoms with Crippen LogP contribution in [-0.4, -0.2) is 31.3 Å². The number of nitrogens with zero attached hydrogens (tertiary/aromatic N) is 1. The number of Topliss-reactive ketones (excluding diaryl/α,β-unsaturated/α-hetero) is 1. The van der Waals surface area contributed by atoms with Crippen molar-refractivity contribution in [1.82, 2.24) is 4.90 Å². The van der Waals surface area contributed by atoms with Crippen LogP contribution in [0.1, 0.15) is 10.4 Å². The minimum absolute atomic E-state index is 0.00309. The Balaban J connectivity index is 2.90. The lowest BCUT2D eigenvalue weighted by Crippen LogP contribution is -2.21. The molecular weight excluding hydrogens is 221 g/mol. The molecular formula is C10H11Cl2NO. The molecule has 0 fully saturated rings. The average Bonchev–Trinajstić information content (AvgIpc) is 2.01. The lowest BCUT2D eigenvalue weighted by Gasteiger charge is -2.09. The van der Waals surface area contributed by atoms with Gasteiger partial charge in [-0.25, -0.2) is 0 Å². The number of ketones is 1. The van der Waals surface area contributed by atoms with Crippen LogP contribution in [0.5, 0.6) is 0 Å². The van der Waals surface area contributed by atoms with E-state index in [2.05, 4.69) is 0 Å². The molecule has 0 spiro atoms. The van der Waals surface area contributed by atoms with Crippen molar-refractivity contribution in [3.63, 3.8) is 0 Å². The second-order valence-corrected chi connectivity index (χ2v) is 4.13. The van der Waals surface area contributed by atoms with Crippen LogP contribution in [-0.2, 0) is 0 Å². The molecule has 0 N–H and O–H groups in total. The van der Waals surface area contributed by atoms with Crippen LogP contribution in [0.25, 0.3) is 0 Å². The standard InChI is InChI=1S/C10H11Cl2NO/c1-13(2)6-10(14)8-4-3-7(11)5-9(8)12/h3-5H,6H2,1-2H3. The van der Waals surface area contributed by atoms with Crippen molar-refractivity contribution in [2.24, 2.45) is 0 Å². The molecule has 0 radical (unpaired) electrons. The van der Waals surface area contributed by atoms with Gasteiger partial charge >= 0.3 is 0 Å². The summed E-state index contributed by atoms with van der Waals surface area (Å²) in [5.74, 6) is -0.00309. The number of rotatable bonds is 3. The quantitative estimate of drug-likeness (QED) is 0.747. The summed E-state index contributed by atoms with van der Waals surface area (Å²) >= 11 is 11.6. The number of hydrogen-bond donors (Lipinski definition) is 0. The second-order valence-electron chi connectivity index (χ2n) is 3.29. The second kappa shape index (κ2) is 4.78. The van der Waals surface area contributed by atoms with Crippen LogP contribution >= 0.6 is 23.2 Å². The molecule has 0 heterocycles. The van der Waals surface area contributed by atoms with Gasteiger partial charge in [-0.3, -0.25) is 4.79 Å². The van der Waals surface area contributed by atoms with Crippen molar-refractivity contribution in [2.45, 2.75) is 0 Å². The van der Waals surface area contributed by atoms with E-state index in [4.69, 9.17) is 23.2 Å². The summed E-state index contributed by atoms with van der Waals surface area (Å²) in [7, 11) is 3.67. The zero-order chi connectivity index (χ0) is 10.7. The monoisotopic (exact) mass is 231 g/mol. The summed E-state index contributed by atoms with van der Waals surface area (Å²) in [6.07, 6.45) is 0. The Hall–Kier alpha value is -0.570. The lowest BCUT2D eigenvalue weighted by molar-refractivity contribution is 0.0958. The van der Waals surface area contributed by atoms with Crippen LogP contribution in [0.2, 0.25) is 10.0 Å². The Kier molecular flexibility index (Phi) is 3.93. The van der Waals surface area contributed by atoms with E-state index in [0.29, 0.717) is 22.2 Å². The van der Waals surface area contributed by atoms with E-state index >= 15 is 0 Å². The first-order valence-electron chi connectivity index (χ1n) is 4.13. The highest BCUT2D eigenvalue weighted by atomic mass is 35.5. The fourth-order valence-corrected chi connectivity index (χ4v) is 1.60. The fraction of sp³-hybridized carbons (Fsp3) is 0.300. The zero-order valence-electron chi connectivity index (χ0n) is 8.05. The third-order valence-corrected chi connectivity index (χ3v) is 2.24. The van der Waals surface area contributed by atoms with Crippen LogP contribution < -0.4 is 0 Å². The predicted octanol–water partition coefficient (Wildman–Crippen LogP) is 2.74. The van der Waals surface area contributed by atoms with Crippen molar-refractivity contribution in [1.29, 1.82) is 0 Å². The molecule has 0 saturated heterocycles. The molecule has 76 valence electrons. The van der Waals surface area contributed by atoms with Gasteiger partial charge in [0.1, 0.15) is 0 Å². The summed E-state index contributed by atoms with van der Waals surface area (Å²) in [6, 6.07) is 4.89. The van der Waals surface area contributed by atoms with Crippen molar-refractivity contribution >= 4 is 29.0 Å². The van der Waals surface area contributed by atoms with Gasteiger partial charge in [-0.05, 0) is 32.3 Å². The van der Waals surface area contributed by atoms with E-state index in [-0.39, 0.29) is 5.78 Å². The number of hydrogen-bond acceptors (Lipinski definition) is 2. The van der Waals surface area contributed by atoms with Crippen LogP contribution in [0.3, 0.4) is 0 Å². The van der Waals surface area contributed by atoms with Gasteiger partial charge in [-0.15, -0.1) is 0 Å². The van der Waals surface area contributed by atoms with Gasteiger partial charge < -0.3 is 4.90 Å². The maximum atomic E-state index is 11.6. The van der Waals surface area contributed by atoms with Crippen LogP contribution in [0, 0.1) is 0 Å². The molecule has 2 nitrogen and oxygen atoms in total. The molecule has 0 bridgehead atoms. The molecule has 0 amide bonds. The molecule has 1 aromatic rings. The van der Waals surface area contributed by atoms with Crippen LogP contribution in [0.4, 0.5) is 0 Å². The van der Waals surface area contributed by atoms with Gasteiger partial charge in [0.05, 0.1) is 11.6 Å². The Morgan fingerprint density at radius 2 is 2.00 bits per heavy atom. The van der Waals surface area contributed by atoms with Crippen LogP contribution in [0.15, 0.2) is 18.2 Å². The van der Waals surface area contributed by atoms with E-state index in [1.165, 1.54) is 0 Å². The molecule has 0 aliphatic rings. The third kappa shape index (κ3) is 2.98. The van der Waals surface area contributed by atoms with Crippen molar-refractivity contribution < 1.29 is 4.79 Å². The number of halogens is 2. The molecule has 0 aromatic heterocycles. The lowest BCUT2D eigenvalue weighted by atomic mass is 10.1. The Labute approximate surface area is 93.4 Å². The summed E-state index contributed by atoms with van der Waals surface area (Å²) in [5, 5.41) is 0.945. The van der Waals surface area contributed by atoms with Gasteiger partial charge in [0.25, 0.3) is 0 Å². The summed E-state index contributed by atoms with van der Waals surface area (Å²) in [4.78, 5) is 13.4. The molecule has 0 atom stereocenters. The SMILES string of the molecule is CN(C)CC(=O)c1ccc(Cl)cc1Cl. The van der Waals surface area contributed by atoms with E-state index < -0.39 is 0 Å². The maximum Gasteiger partial charge on any atom is 0.178 e. The van der Waals surface area contributed by atoms with Gasteiger partial charge in [-0.1, -0.05) is 23.2 Å². The molecule has 0 saturated carbocycles.